The first kappa shape index (κ1) is 12.4. The van der Waals surface area contributed by atoms with Gasteiger partial charge in [0.1, 0.15) is 5.82 Å². The normalized spacial score (nSPS) is 14.4. The maximum Gasteiger partial charge on any atom is 0.274 e. The van der Waals surface area contributed by atoms with Crippen molar-refractivity contribution in [2.75, 3.05) is 6.54 Å². The Balaban J connectivity index is 1.64. The molecule has 1 aliphatic rings. The molecule has 1 amide bonds. The molecular weight excluding hydrogens is 290 g/mol. The number of aromatic nitrogens is 4. The van der Waals surface area contributed by atoms with Crippen LogP contribution in [0, 0.1) is 0 Å². The lowest BCUT2D eigenvalue weighted by molar-refractivity contribution is 0.0701. The number of hydrogen-bond donors (Lipinski definition) is 0. The Morgan fingerprint density at radius 2 is 2.19 bits per heavy atom. The highest BCUT2D eigenvalue weighted by Gasteiger charge is 2.24. The average molecular weight is 302 g/mol. The van der Waals surface area contributed by atoms with Gasteiger partial charge in [0.05, 0.1) is 17.1 Å². The molecular formula is C14H12ClN5O. The lowest BCUT2D eigenvalue weighted by Gasteiger charge is -2.26. The largest absolute Gasteiger partial charge is 0.332 e. The Morgan fingerprint density at radius 3 is 3.10 bits per heavy atom. The van der Waals surface area contributed by atoms with E-state index in [-0.39, 0.29) is 5.91 Å². The van der Waals surface area contributed by atoms with Crippen LogP contribution < -0.4 is 0 Å². The predicted molar refractivity (Wildman–Crippen MR) is 77.2 cm³/mol. The summed E-state index contributed by atoms with van der Waals surface area (Å²) in [5, 5.41) is 4.89. The van der Waals surface area contributed by atoms with E-state index in [0.717, 1.165) is 17.9 Å². The number of hydrogen-bond acceptors (Lipinski definition) is 3. The topological polar surface area (TPSA) is 55.4 Å². The molecule has 6 nitrogen and oxygen atoms in total. The first-order chi connectivity index (χ1) is 10.2. The lowest BCUT2D eigenvalue weighted by Crippen LogP contribution is -2.38. The van der Waals surface area contributed by atoms with Crippen molar-refractivity contribution >= 4 is 23.0 Å². The first-order valence-corrected chi connectivity index (χ1v) is 7.03. The van der Waals surface area contributed by atoms with Crippen LogP contribution in [0.2, 0.25) is 5.02 Å². The Labute approximate surface area is 125 Å². The Bertz CT molecular complexity index is 837. The van der Waals surface area contributed by atoms with Gasteiger partial charge in [0.15, 0.2) is 5.69 Å². The van der Waals surface area contributed by atoms with E-state index in [1.165, 1.54) is 0 Å². The Morgan fingerprint density at radius 1 is 1.29 bits per heavy atom. The molecule has 0 aromatic carbocycles. The highest BCUT2D eigenvalue weighted by molar-refractivity contribution is 6.30. The molecule has 0 aliphatic carbocycles. The summed E-state index contributed by atoms with van der Waals surface area (Å²) in [7, 11) is 0. The van der Waals surface area contributed by atoms with Crippen molar-refractivity contribution in [2.45, 2.75) is 13.1 Å². The van der Waals surface area contributed by atoms with Crippen LogP contribution in [0.15, 0.2) is 36.8 Å². The first-order valence-electron chi connectivity index (χ1n) is 6.65. The second kappa shape index (κ2) is 4.60. The number of imidazole rings is 1. The van der Waals surface area contributed by atoms with Gasteiger partial charge in [-0.25, -0.2) is 9.50 Å². The van der Waals surface area contributed by atoms with Crippen molar-refractivity contribution in [3.8, 4) is 0 Å². The maximum absolute atomic E-state index is 12.6. The summed E-state index contributed by atoms with van der Waals surface area (Å²) in [5.74, 6) is 0.825. The molecule has 3 aromatic heterocycles. The van der Waals surface area contributed by atoms with Gasteiger partial charge in [0.2, 0.25) is 0 Å². The molecule has 3 aromatic rings. The van der Waals surface area contributed by atoms with Gasteiger partial charge in [-0.2, -0.15) is 5.10 Å². The number of nitrogens with zero attached hydrogens (tertiary/aromatic N) is 5. The van der Waals surface area contributed by atoms with Gasteiger partial charge >= 0.3 is 0 Å². The minimum atomic E-state index is -0.0796. The van der Waals surface area contributed by atoms with Crippen molar-refractivity contribution in [1.82, 2.24) is 24.1 Å². The zero-order chi connectivity index (χ0) is 14.4. The summed E-state index contributed by atoms with van der Waals surface area (Å²) < 4.78 is 3.69. The molecule has 21 heavy (non-hydrogen) atoms. The lowest BCUT2D eigenvalue weighted by atomic mass is 10.3. The standard InChI is InChI=1S/C14H12ClN5O/c15-10-1-2-11-7-12(17-20(11)8-10)14(21)19-6-5-18-4-3-16-13(18)9-19/h1-4,7-8H,5-6,9H2. The molecule has 0 radical (unpaired) electrons. The number of carbonyl (C=O) groups is 1. The number of amides is 1. The quantitative estimate of drug-likeness (QED) is 0.689. The van der Waals surface area contributed by atoms with E-state index in [1.54, 1.807) is 33.9 Å². The number of pyridine rings is 1. The Hall–Kier alpha value is -2.34. The number of halogens is 1. The van der Waals surface area contributed by atoms with Crippen molar-refractivity contribution in [2.24, 2.45) is 0 Å². The molecule has 0 bridgehead atoms. The highest BCUT2D eigenvalue weighted by Crippen LogP contribution is 2.16. The molecule has 4 heterocycles. The van der Waals surface area contributed by atoms with Crippen molar-refractivity contribution in [1.29, 1.82) is 0 Å². The van der Waals surface area contributed by atoms with Crippen LogP contribution in [-0.2, 0) is 13.1 Å². The van der Waals surface area contributed by atoms with E-state index in [9.17, 15) is 4.79 Å². The molecule has 0 spiro atoms. The fourth-order valence-electron chi connectivity index (χ4n) is 2.57. The van der Waals surface area contributed by atoms with Gasteiger partial charge < -0.3 is 9.47 Å². The monoisotopic (exact) mass is 301 g/mol. The SMILES string of the molecule is O=C(c1cc2ccc(Cl)cn2n1)N1CCn2ccnc2C1. The molecule has 7 heteroatoms. The summed E-state index contributed by atoms with van der Waals surface area (Å²) in [6.45, 7) is 1.94. The summed E-state index contributed by atoms with van der Waals surface area (Å²) in [6.07, 6.45) is 5.39. The molecule has 1 aliphatic heterocycles. The van der Waals surface area contributed by atoms with Gasteiger partial charge in [-0.1, -0.05) is 11.6 Å². The molecule has 0 unspecified atom stereocenters. The number of fused-ring (bicyclic) bond motifs is 2. The van der Waals surface area contributed by atoms with E-state index in [2.05, 4.69) is 14.6 Å². The number of carbonyl (C=O) groups excluding carboxylic acids is 1. The van der Waals surface area contributed by atoms with Crippen LogP contribution >= 0.6 is 11.6 Å². The zero-order valence-corrected chi connectivity index (χ0v) is 11.9. The average Bonchev–Trinajstić information content (AvgIpc) is 3.11. The van der Waals surface area contributed by atoms with Gasteiger partial charge in [0.25, 0.3) is 5.91 Å². The van der Waals surface area contributed by atoms with E-state index in [1.807, 2.05) is 12.3 Å². The van der Waals surface area contributed by atoms with Crippen LogP contribution in [0.5, 0.6) is 0 Å². The van der Waals surface area contributed by atoms with Crippen molar-refractivity contribution in [3.63, 3.8) is 0 Å². The maximum atomic E-state index is 12.6. The smallest absolute Gasteiger partial charge is 0.274 e. The Kier molecular flexibility index (Phi) is 2.71. The second-order valence-corrected chi connectivity index (χ2v) is 5.45. The van der Waals surface area contributed by atoms with E-state index in [0.29, 0.717) is 23.8 Å². The van der Waals surface area contributed by atoms with Gasteiger partial charge in [-0.05, 0) is 18.2 Å². The summed E-state index contributed by atoms with van der Waals surface area (Å²) >= 11 is 5.93. The molecule has 0 fully saturated rings. The predicted octanol–water partition coefficient (Wildman–Crippen LogP) is 1.84. The summed E-state index contributed by atoms with van der Waals surface area (Å²) in [6, 6.07) is 5.40. The molecule has 0 N–H and O–H groups in total. The van der Waals surface area contributed by atoms with Crippen molar-refractivity contribution < 1.29 is 4.79 Å². The van der Waals surface area contributed by atoms with E-state index < -0.39 is 0 Å². The van der Waals surface area contributed by atoms with E-state index >= 15 is 0 Å². The summed E-state index contributed by atoms with van der Waals surface area (Å²) in [5.41, 5.74) is 1.28. The molecule has 106 valence electrons. The molecule has 0 saturated carbocycles. The van der Waals surface area contributed by atoms with E-state index in [4.69, 9.17) is 11.6 Å². The van der Waals surface area contributed by atoms with Gasteiger partial charge in [-0.3, -0.25) is 4.79 Å². The van der Waals surface area contributed by atoms with Crippen molar-refractivity contribution in [3.05, 3.63) is 53.3 Å². The fourth-order valence-corrected chi connectivity index (χ4v) is 2.73. The number of rotatable bonds is 1. The minimum Gasteiger partial charge on any atom is -0.332 e. The van der Waals surface area contributed by atoms with Crippen LogP contribution in [0.1, 0.15) is 16.3 Å². The van der Waals surface area contributed by atoms with Crippen LogP contribution in [0.25, 0.3) is 5.52 Å². The third-order valence-corrected chi connectivity index (χ3v) is 3.90. The van der Waals surface area contributed by atoms with Gasteiger partial charge in [-0.15, -0.1) is 0 Å². The molecule has 0 atom stereocenters. The zero-order valence-electron chi connectivity index (χ0n) is 11.1. The van der Waals surface area contributed by atoms with Crippen LogP contribution in [0.4, 0.5) is 0 Å². The fraction of sp³-hybridized carbons (Fsp3) is 0.214. The van der Waals surface area contributed by atoms with Gasteiger partial charge in [0, 0.05) is 31.7 Å². The van der Waals surface area contributed by atoms with Crippen LogP contribution in [-0.4, -0.2) is 36.5 Å². The minimum absolute atomic E-state index is 0.0796. The molecule has 0 saturated heterocycles. The highest BCUT2D eigenvalue weighted by atomic mass is 35.5. The summed E-state index contributed by atoms with van der Waals surface area (Å²) in [4.78, 5) is 18.6. The second-order valence-electron chi connectivity index (χ2n) is 5.01. The third-order valence-electron chi connectivity index (χ3n) is 3.67. The molecule has 4 rings (SSSR count). The third kappa shape index (κ3) is 2.08. The van der Waals surface area contributed by atoms with Crippen LogP contribution in [0.3, 0.4) is 0 Å².